The highest BCUT2D eigenvalue weighted by Crippen LogP contribution is 2.51. The standard InChI is InChI=1S/C82H56N2/c1-5-19-57(20-6-1)61-33-45-67(46-34-61)83(68-47-35-62(36-48-68)58-21-7-2-8-22-58)71-53-41-65(42-54-71)79-77-31-17-18-32-78(77)80(82-76-30-16-14-28-74(76)73-27-13-15-29-75(73)81(79)82)66-43-55-72(56-44-66)84(69-49-37-63(38-50-69)59-23-9-3-10-24-59)70-51-39-64(40-52-70)60-25-11-4-12-26-60/h1-56H. The molecule has 15 aromatic rings. The predicted molar refractivity (Wildman–Crippen MR) is 358 cm³/mol. The summed E-state index contributed by atoms with van der Waals surface area (Å²) in [5, 5.41) is 9.86. The zero-order chi connectivity index (χ0) is 55.8. The molecule has 0 heterocycles. The summed E-state index contributed by atoms with van der Waals surface area (Å²) in [6.45, 7) is 0. The van der Waals surface area contributed by atoms with Crippen LogP contribution in [0.1, 0.15) is 0 Å². The second-order valence-electron chi connectivity index (χ2n) is 21.6. The smallest absolute Gasteiger partial charge is 0.0462 e. The Labute approximate surface area is 490 Å². The van der Waals surface area contributed by atoms with Crippen LogP contribution in [0.3, 0.4) is 0 Å². The molecule has 394 valence electrons. The monoisotopic (exact) mass is 1070 g/mol. The van der Waals surface area contributed by atoms with Gasteiger partial charge in [-0.15, -0.1) is 0 Å². The molecule has 0 aliphatic heterocycles. The molecule has 2 nitrogen and oxygen atoms in total. The molecule has 0 aliphatic rings. The zero-order valence-corrected chi connectivity index (χ0v) is 46.2. The third-order valence-corrected chi connectivity index (χ3v) is 16.7. The van der Waals surface area contributed by atoms with Crippen LogP contribution in [0.15, 0.2) is 340 Å². The number of fused-ring (bicyclic) bond motifs is 7. The molecule has 2 heteroatoms. The molecule has 0 N–H and O–H groups in total. The molecular weight excluding hydrogens is 1010 g/mol. The average molecular weight is 1070 g/mol. The van der Waals surface area contributed by atoms with Crippen LogP contribution in [0, 0.1) is 0 Å². The summed E-state index contributed by atoms with van der Waals surface area (Å²) < 4.78 is 0. The van der Waals surface area contributed by atoms with Crippen LogP contribution >= 0.6 is 0 Å². The fraction of sp³-hybridized carbons (Fsp3) is 0. The van der Waals surface area contributed by atoms with Crippen molar-refractivity contribution in [1.29, 1.82) is 0 Å². The van der Waals surface area contributed by atoms with Gasteiger partial charge in [0.15, 0.2) is 0 Å². The Bertz CT molecular complexity index is 4320. The van der Waals surface area contributed by atoms with E-state index in [-0.39, 0.29) is 0 Å². The maximum atomic E-state index is 2.37. The molecule has 0 fully saturated rings. The van der Waals surface area contributed by atoms with E-state index < -0.39 is 0 Å². The number of benzene rings is 15. The molecule has 0 amide bonds. The molecule has 0 bridgehead atoms. The molecule has 15 rings (SSSR count). The molecule has 0 saturated heterocycles. The van der Waals surface area contributed by atoms with Crippen LogP contribution in [0.5, 0.6) is 0 Å². The Morgan fingerprint density at radius 1 is 0.131 bits per heavy atom. The van der Waals surface area contributed by atoms with Gasteiger partial charge >= 0.3 is 0 Å². The molecule has 0 spiro atoms. The van der Waals surface area contributed by atoms with Crippen molar-refractivity contribution >= 4 is 77.2 Å². The molecule has 84 heavy (non-hydrogen) atoms. The van der Waals surface area contributed by atoms with Crippen molar-refractivity contribution in [3.05, 3.63) is 340 Å². The predicted octanol–water partition coefficient (Wildman–Crippen LogP) is 23.2. The van der Waals surface area contributed by atoms with Gasteiger partial charge < -0.3 is 9.80 Å². The van der Waals surface area contributed by atoms with Gasteiger partial charge in [0, 0.05) is 34.1 Å². The number of rotatable bonds is 12. The van der Waals surface area contributed by atoms with Crippen molar-refractivity contribution in [2.75, 3.05) is 9.80 Å². The topological polar surface area (TPSA) is 6.48 Å². The second kappa shape index (κ2) is 21.8. The Kier molecular flexibility index (Phi) is 12.9. The SMILES string of the molecule is c1ccc(-c2ccc(N(c3ccc(-c4ccccc4)cc3)c3ccc(-c4c5ccccc5c(-c5ccc(N(c6ccc(-c7ccccc7)cc6)c6ccc(-c7ccccc7)cc6)cc5)c5c6ccccc6c6ccccc6c45)cc3)cc2)cc1. The van der Waals surface area contributed by atoms with Gasteiger partial charge in [0.05, 0.1) is 0 Å². The van der Waals surface area contributed by atoms with Crippen LogP contribution < -0.4 is 9.80 Å². The Balaban J connectivity index is 0.882. The van der Waals surface area contributed by atoms with Crippen molar-refractivity contribution in [1.82, 2.24) is 0 Å². The second-order valence-corrected chi connectivity index (χ2v) is 21.6. The van der Waals surface area contributed by atoms with Crippen molar-refractivity contribution in [2.24, 2.45) is 0 Å². The summed E-state index contributed by atoms with van der Waals surface area (Å²) >= 11 is 0. The molecule has 15 aromatic carbocycles. The van der Waals surface area contributed by atoms with E-state index in [9.17, 15) is 0 Å². The van der Waals surface area contributed by atoms with E-state index in [1.165, 1.54) is 98.7 Å². The van der Waals surface area contributed by atoms with Gasteiger partial charge in [-0.25, -0.2) is 0 Å². The van der Waals surface area contributed by atoms with Gasteiger partial charge in [0.25, 0.3) is 0 Å². The van der Waals surface area contributed by atoms with Gasteiger partial charge in [-0.2, -0.15) is 0 Å². The normalized spacial score (nSPS) is 11.3. The summed E-state index contributed by atoms with van der Waals surface area (Å²) in [6, 6.07) is 124. The number of anilines is 6. The van der Waals surface area contributed by atoms with E-state index in [4.69, 9.17) is 0 Å². The first-order valence-electron chi connectivity index (χ1n) is 28.9. The fourth-order valence-corrected chi connectivity index (χ4v) is 12.6. The minimum absolute atomic E-state index is 1.08. The van der Waals surface area contributed by atoms with Crippen molar-refractivity contribution < 1.29 is 0 Å². The zero-order valence-electron chi connectivity index (χ0n) is 46.2. The summed E-state index contributed by atoms with van der Waals surface area (Å²) in [6.07, 6.45) is 0. The minimum atomic E-state index is 1.08. The summed E-state index contributed by atoms with van der Waals surface area (Å²) in [5.74, 6) is 0. The van der Waals surface area contributed by atoms with Gasteiger partial charge in [-0.1, -0.05) is 267 Å². The minimum Gasteiger partial charge on any atom is -0.311 e. The van der Waals surface area contributed by atoms with Crippen LogP contribution in [0.4, 0.5) is 34.1 Å². The van der Waals surface area contributed by atoms with Gasteiger partial charge in [-0.05, 0) is 183 Å². The molecule has 0 atom stereocenters. The van der Waals surface area contributed by atoms with Crippen molar-refractivity contribution in [3.63, 3.8) is 0 Å². The number of hydrogen-bond acceptors (Lipinski definition) is 2. The number of hydrogen-bond donors (Lipinski definition) is 0. The summed E-state index contributed by atoms with van der Waals surface area (Å²) in [4.78, 5) is 4.75. The fourth-order valence-electron chi connectivity index (χ4n) is 12.6. The van der Waals surface area contributed by atoms with Crippen LogP contribution in [-0.2, 0) is 0 Å². The van der Waals surface area contributed by atoms with Crippen LogP contribution in [0.25, 0.3) is 110 Å². The Hall–Kier alpha value is -11.1. The van der Waals surface area contributed by atoms with Gasteiger partial charge in [0.1, 0.15) is 0 Å². The van der Waals surface area contributed by atoms with Gasteiger partial charge in [-0.3, -0.25) is 0 Å². The van der Waals surface area contributed by atoms with E-state index >= 15 is 0 Å². The van der Waals surface area contributed by atoms with E-state index in [2.05, 4.69) is 350 Å². The van der Waals surface area contributed by atoms with Gasteiger partial charge in [0.2, 0.25) is 0 Å². The van der Waals surface area contributed by atoms with Crippen LogP contribution in [-0.4, -0.2) is 0 Å². The van der Waals surface area contributed by atoms with E-state index in [0.29, 0.717) is 0 Å². The first kappa shape index (κ1) is 49.9. The molecule has 0 unspecified atom stereocenters. The maximum Gasteiger partial charge on any atom is 0.0462 e. The Morgan fingerprint density at radius 3 is 0.548 bits per heavy atom. The molecule has 0 aliphatic carbocycles. The highest BCUT2D eigenvalue weighted by Gasteiger charge is 2.23. The van der Waals surface area contributed by atoms with Crippen molar-refractivity contribution in [3.8, 4) is 66.8 Å². The Morgan fingerprint density at radius 2 is 0.310 bits per heavy atom. The summed E-state index contributed by atoms with van der Waals surface area (Å²) in [7, 11) is 0. The van der Waals surface area contributed by atoms with E-state index in [1.807, 2.05) is 0 Å². The number of nitrogens with zero attached hydrogens (tertiary/aromatic N) is 2. The lowest BCUT2D eigenvalue weighted by Gasteiger charge is -2.27. The molecular formula is C82H56N2. The van der Waals surface area contributed by atoms with Crippen molar-refractivity contribution in [2.45, 2.75) is 0 Å². The lowest BCUT2D eigenvalue weighted by atomic mass is 9.81. The molecule has 0 radical (unpaired) electrons. The third-order valence-electron chi connectivity index (χ3n) is 16.7. The first-order valence-corrected chi connectivity index (χ1v) is 28.9. The molecule has 0 saturated carbocycles. The highest BCUT2D eigenvalue weighted by atomic mass is 15.1. The maximum absolute atomic E-state index is 2.37. The quantitative estimate of drug-likeness (QED) is 0.0889. The van der Waals surface area contributed by atoms with E-state index in [0.717, 1.165) is 45.3 Å². The van der Waals surface area contributed by atoms with Crippen LogP contribution in [0.2, 0.25) is 0 Å². The lowest BCUT2D eigenvalue weighted by molar-refractivity contribution is 1.28. The largest absolute Gasteiger partial charge is 0.311 e. The average Bonchev–Trinajstić information content (AvgIpc) is 0.853. The highest BCUT2D eigenvalue weighted by molar-refractivity contribution is 6.36. The van der Waals surface area contributed by atoms with E-state index in [1.54, 1.807) is 0 Å². The molecule has 0 aromatic heterocycles. The summed E-state index contributed by atoms with van der Waals surface area (Å²) in [5.41, 5.74) is 20.8. The lowest BCUT2D eigenvalue weighted by Crippen LogP contribution is -2.10. The third kappa shape index (κ3) is 9.23. The first-order chi connectivity index (χ1) is 41.7.